The third kappa shape index (κ3) is 4.93. The molecule has 0 saturated carbocycles. The average Bonchev–Trinajstić information content (AvgIpc) is 3.07. The van der Waals surface area contributed by atoms with E-state index in [1.807, 2.05) is 36.4 Å². The Kier molecular flexibility index (Phi) is 6.87. The summed E-state index contributed by atoms with van der Waals surface area (Å²) in [5.74, 6) is -1.76. The predicted octanol–water partition coefficient (Wildman–Crippen LogP) is 3.92. The number of alkyl carbamates (subject to hydrolysis) is 1. The Morgan fingerprint density at radius 1 is 0.969 bits per heavy atom. The maximum atomic E-state index is 12.7. The summed E-state index contributed by atoms with van der Waals surface area (Å²) in [6, 6.07) is 14.1. The van der Waals surface area contributed by atoms with Crippen LogP contribution in [0.15, 0.2) is 48.5 Å². The normalized spacial score (nSPS) is 14.6. The monoisotopic (exact) mass is 438 g/mol. The van der Waals surface area contributed by atoms with Crippen LogP contribution in [0.2, 0.25) is 0 Å². The van der Waals surface area contributed by atoms with Crippen LogP contribution < -0.4 is 10.6 Å². The highest BCUT2D eigenvalue weighted by molar-refractivity contribution is 5.89. The predicted molar refractivity (Wildman–Crippen MR) is 121 cm³/mol. The SMILES string of the molecule is CC[C@H](NC(=O)C(NC(=O)OCC1c2ccccc2-c2ccccc21)C(C)(C)C)C(=O)O. The summed E-state index contributed by atoms with van der Waals surface area (Å²) in [4.78, 5) is 36.7. The second-order valence-corrected chi connectivity index (χ2v) is 9.08. The number of carboxylic acid groups (broad SMARTS) is 1. The smallest absolute Gasteiger partial charge is 0.407 e. The molecule has 0 radical (unpaired) electrons. The van der Waals surface area contributed by atoms with E-state index in [0.717, 1.165) is 22.3 Å². The molecule has 0 bridgehead atoms. The third-order valence-corrected chi connectivity index (χ3v) is 5.76. The summed E-state index contributed by atoms with van der Waals surface area (Å²) in [7, 11) is 0. The molecule has 2 aromatic carbocycles. The molecule has 1 aliphatic carbocycles. The number of benzene rings is 2. The molecule has 3 rings (SSSR count). The molecule has 2 atom stereocenters. The zero-order valence-electron chi connectivity index (χ0n) is 18.8. The number of rotatable bonds is 7. The molecule has 0 aliphatic heterocycles. The number of hydrogen-bond donors (Lipinski definition) is 3. The van der Waals surface area contributed by atoms with Gasteiger partial charge in [0.05, 0.1) is 0 Å². The van der Waals surface area contributed by atoms with Crippen molar-refractivity contribution in [2.45, 2.75) is 52.1 Å². The number of amides is 2. The van der Waals surface area contributed by atoms with Crippen molar-refractivity contribution in [2.75, 3.05) is 6.61 Å². The first kappa shape index (κ1) is 23.3. The number of aliphatic carboxylic acids is 1. The van der Waals surface area contributed by atoms with Crippen LogP contribution in [0.1, 0.15) is 51.2 Å². The summed E-state index contributed by atoms with van der Waals surface area (Å²) in [5, 5.41) is 14.4. The summed E-state index contributed by atoms with van der Waals surface area (Å²) in [6.07, 6.45) is -0.478. The summed E-state index contributed by atoms with van der Waals surface area (Å²) in [5.41, 5.74) is 3.80. The number of carbonyl (C=O) groups excluding carboxylic acids is 2. The molecule has 0 heterocycles. The molecule has 170 valence electrons. The standard InChI is InChI=1S/C25H30N2O5/c1-5-20(23(29)30)26-22(28)21(25(2,3)4)27-24(31)32-14-19-17-12-8-6-10-15(17)16-11-7-9-13-18(16)19/h6-13,19-21H,5,14H2,1-4H3,(H,26,28)(H,27,31)(H,29,30)/t20-,21?/m0/s1. The molecule has 7 nitrogen and oxygen atoms in total. The van der Waals surface area contributed by atoms with Gasteiger partial charge >= 0.3 is 12.1 Å². The van der Waals surface area contributed by atoms with E-state index in [1.54, 1.807) is 27.7 Å². The van der Waals surface area contributed by atoms with E-state index in [2.05, 4.69) is 22.8 Å². The van der Waals surface area contributed by atoms with Crippen molar-refractivity contribution in [3.63, 3.8) is 0 Å². The Labute approximate surface area is 188 Å². The molecule has 1 aliphatic rings. The third-order valence-electron chi connectivity index (χ3n) is 5.76. The molecular formula is C25H30N2O5. The zero-order chi connectivity index (χ0) is 23.5. The number of hydrogen-bond acceptors (Lipinski definition) is 4. The van der Waals surface area contributed by atoms with Crippen molar-refractivity contribution < 1.29 is 24.2 Å². The number of carboxylic acids is 1. The van der Waals surface area contributed by atoms with Crippen molar-refractivity contribution in [3.05, 3.63) is 59.7 Å². The van der Waals surface area contributed by atoms with Gasteiger partial charge in [0, 0.05) is 5.92 Å². The fourth-order valence-corrected chi connectivity index (χ4v) is 4.03. The van der Waals surface area contributed by atoms with Crippen LogP contribution in [0.5, 0.6) is 0 Å². The van der Waals surface area contributed by atoms with E-state index in [1.165, 1.54) is 0 Å². The van der Waals surface area contributed by atoms with Crippen LogP contribution in [-0.4, -0.2) is 41.8 Å². The lowest BCUT2D eigenvalue weighted by atomic mass is 9.86. The maximum Gasteiger partial charge on any atom is 0.407 e. The van der Waals surface area contributed by atoms with Gasteiger partial charge in [-0.25, -0.2) is 9.59 Å². The van der Waals surface area contributed by atoms with Crippen LogP contribution in [-0.2, 0) is 14.3 Å². The minimum absolute atomic E-state index is 0.0912. The first-order chi connectivity index (χ1) is 15.1. The van der Waals surface area contributed by atoms with Crippen LogP contribution in [0, 0.1) is 5.41 Å². The van der Waals surface area contributed by atoms with E-state index in [9.17, 15) is 19.5 Å². The number of fused-ring (bicyclic) bond motifs is 3. The van der Waals surface area contributed by atoms with Gasteiger partial charge in [-0.2, -0.15) is 0 Å². The highest BCUT2D eigenvalue weighted by atomic mass is 16.5. The van der Waals surface area contributed by atoms with Crippen LogP contribution in [0.4, 0.5) is 4.79 Å². The molecule has 0 spiro atoms. The second-order valence-electron chi connectivity index (χ2n) is 9.08. The lowest BCUT2D eigenvalue weighted by Crippen LogP contribution is -2.56. The van der Waals surface area contributed by atoms with Gasteiger partial charge in [0.2, 0.25) is 5.91 Å². The van der Waals surface area contributed by atoms with Gasteiger partial charge in [-0.15, -0.1) is 0 Å². The van der Waals surface area contributed by atoms with Crippen molar-refractivity contribution in [1.29, 1.82) is 0 Å². The quantitative estimate of drug-likeness (QED) is 0.608. The van der Waals surface area contributed by atoms with Gasteiger partial charge in [-0.3, -0.25) is 4.79 Å². The highest BCUT2D eigenvalue weighted by Crippen LogP contribution is 2.44. The van der Waals surface area contributed by atoms with Crippen LogP contribution >= 0.6 is 0 Å². The van der Waals surface area contributed by atoms with E-state index in [-0.39, 0.29) is 18.9 Å². The average molecular weight is 439 g/mol. The molecule has 3 N–H and O–H groups in total. The van der Waals surface area contributed by atoms with E-state index in [4.69, 9.17) is 4.74 Å². The second kappa shape index (κ2) is 9.42. The zero-order valence-corrected chi connectivity index (χ0v) is 18.8. The van der Waals surface area contributed by atoms with Gasteiger partial charge in [0.15, 0.2) is 0 Å². The van der Waals surface area contributed by atoms with Crippen LogP contribution in [0.25, 0.3) is 11.1 Å². The fourth-order valence-electron chi connectivity index (χ4n) is 4.03. The molecule has 2 aromatic rings. The van der Waals surface area contributed by atoms with Crippen LogP contribution in [0.3, 0.4) is 0 Å². The van der Waals surface area contributed by atoms with Crippen molar-refractivity contribution in [3.8, 4) is 11.1 Å². The molecule has 2 amide bonds. The highest BCUT2D eigenvalue weighted by Gasteiger charge is 2.36. The Balaban J connectivity index is 1.70. The molecule has 1 unspecified atom stereocenters. The van der Waals surface area contributed by atoms with Crippen molar-refractivity contribution >= 4 is 18.0 Å². The van der Waals surface area contributed by atoms with Gasteiger partial charge in [0.25, 0.3) is 0 Å². The lowest BCUT2D eigenvalue weighted by molar-refractivity contribution is -0.142. The Morgan fingerprint density at radius 3 is 1.97 bits per heavy atom. The Hall–Kier alpha value is -3.35. The van der Waals surface area contributed by atoms with E-state index >= 15 is 0 Å². The van der Waals surface area contributed by atoms with E-state index in [0.29, 0.717) is 0 Å². The Morgan fingerprint density at radius 2 is 1.50 bits per heavy atom. The minimum atomic E-state index is -1.12. The lowest BCUT2D eigenvalue weighted by Gasteiger charge is -2.31. The Bertz CT molecular complexity index is 966. The number of nitrogens with one attached hydrogen (secondary N) is 2. The summed E-state index contributed by atoms with van der Waals surface area (Å²) in [6.45, 7) is 7.18. The first-order valence-electron chi connectivity index (χ1n) is 10.8. The molecule has 7 heteroatoms. The first-order valence-corrected chi connectivity index (χ1v) is 10.8. The fraction of sp³-hybridized carbons (Fsp3) is 0.400. The van der Waals surface area contributed by atoms with Crippen molar-refractivity contribution in [2.24, 2.45) is 5.41 Å². The topological polar surface area (TPSA) is 105 Å². The molecule has 32 heavy (non-hydrogen) atoms. The molecule has 0 fully saturated rings. The largest absolute Gasteiger partial charge is 0.480 e. The molecule has 0 aromatic heterocycles. The van der Waals surface area contributed by atoms with Gasteiger partial charge in [-0.1, -0.05) is 76.2 Å². The summed E-state index contributed by atoms with van der Waals surface area (Å²) < 4.78 is 5.55. The van der Waals surface area contributed by atoms with Gasteiger partial charge in [-0.05, 0) is 34.1 Å². The van der Waals surface area contributed by atoms with Gasteiger partial charge in [0.1, 0.15) is 18.7 Å². The minimum Gasteiger partial charge on any atom is -0.480 e. The maximum absolute atomic E-state index is 12.7. The van der Waals surface area contributed by atoms with Gasteiger partial charge < -0.3 is 20.5 Å². The van der Waals surface area contributed by atoms with Crippen molar-refractivity contribution in [1.82, 2.24) is 10.6 Å². The van der Waals surface area contributed by atoms with E-state index < -0.39 is 35.5 Å². The summed E-state index contributed by atoms with van der Waals surface area (Å²) >= 11 is 0. The molecule has 0 saturated heterocycles. The number of carbonyl (C=O) groups is 3. The molecular weight excluding hydrogens is 408 g/mol. The number of ether oxygens (including phenoxy) is 1.